The van der Waals surface area contributed by atoms with Gasteiger partial charge >= 0.3 is 5.76 Å². The molecular formula is C7H12N2O2. The SMILES string of the molecule is CCCCn1nc(C)oc1=O. The molecule has 1 aromatic rings. The Morgan fingerprint density at radius 3 is 2.82 bits per heavy atom. The van der Waals surface area contributed by atoms with E-state index in [0.717, 1.165) is 12.8 Å². The van der Waals surface area contributed by atoms with E-state index < -0.39 is 0 Å². The van der Waals surface area contributed by atoms with E-state index in [4.69, 9.17) is 4.42 Å². The van der Waals surface area contributed by atoms with Crippen molar-refractivity contribution < 1.29 is 4.42 Å². The van der Waals surface area contributed by atoms with Crippen LogP contribution in [0.4, 0.5) is 0 Å². The normalized spacial score (nSPS) is 10.4. The predicted molar refractivity (Wildman–Crippen MR) is 40.4 cm³/mol. The minimum Gasteiger partial charge on any atom is -0.393 e. The van der Waals surface area contributed by atoms with E-state index in [2.05, 4.69) is 12.0 Å². The number of rotatable bonds is 3. The van der Waals surface area contributed by atoms with Crippen LogP contribution in [-0.2, 0) is 6.54 Å². The van der Waals surface area contributed by atoms with Crippen molar-refractivity contribution in [1.29, 1.82) is 0 Å². The molecule has 62 valence electrons. The van der Waals surface area contributed by atoms with Gasteiger partial charge in [-0.15, -0.1) is 5.10 Å². The highest BCUT2D eigenvalue weighted by atomic mass is 16.4. The molecule has 1 heterocycles. The average molecular weight is 156 g/mol. The van der Waals surface area contributed by atoms with E-state index in [1.54, 1.807) is 6.92 Å². The van der Waals surface area contributed by atoms with Crippen molar-refractivity contribution in [2.75, 3.05) is 0 Å². The van der Waals surface area contributed by atoms with Crippen molar-refractivity contribution in [2.45, 2.75) is 33.2 Å². The molecule has 0 aliphatic rings. The van der Waals surface area contributed by atoms with Crippen LogP contribution in [0.2, 0.25) is 0 Å². The van der Waals surface area contributed by atoms with E-state index in [-0.39, 0.29) is 5.76 Å². The van der Waals surface area contributed by atoms with E-state index >= 15 is 0 Å². The van der Waals surface area contributed by atoms with Crippen molar-refractivity contribution in [1.82, 2.24) is 9.78 Å². The van der Waals surface area contributed by atoms with E-state index in [1.165, 1.54) is 4.68 Å². The van der Waals surface area contributed by atoms with E-state index in [1.807, 2.05) is 0 Å². The number of aromatic nitrogens is 2. The average Bonchev–Trinajstić information content (AvgIpc) is 2.26. The van der Waals surface area contributed by atoms with Crippen LogP contribution in [0.3, 0.4) is 0 Å². The van der Waals surface area contributed by atoms with Gasteiger partial charge in [0, 0.05) is 13.5 Å². The molecular weight excluding hydrogens is 144 g/mol. The number of nitrogens with zero attached hydrogens (tertiary/aromatic N) is 2. The fourth-order valence-corrected chi connectivity index (χ4v) is 0.859. The lowest BCUT2D eigenvalue weighted by Gasteiger charge is -1.92. The number of hydrogen-bond acceptors (Lipinski definition) is 3. The lowest BCUT2D eigenvalue weighted by molar-refractivity contribution is 0.453. The quantitative estimate of drug-likeness (QED) is 0.654. The Morgan fingerprint density at radius 2 is 2.36 bits per heavy atom. The highest BCUT2D eigenvalue weighted by molar-refractivity contribution is 4.66. The fraction of sp³-hybridized carbons (Fsp3) is 0.714. The molecule has 0 spiro atoms. The maximum Gasteiger partial charge on any atom is 0.437 e. The first-order valence-electron chi connectivity index (χ1n) is 3.78. The second-order valence-corrected chi connectivity index (χ2v) is 2.46. The van der Waals surface area contributed by atoms with Gasteiger partial charge in [0.15, 0.2) is 0 Å². The van der Waals surface area contributed by atoms with Crippen molar-refractivity contribution in [3.8, 4) is 0 Å². The van der Waals surface area contributed by atoms with Crippen LogP contribution in [0.25, 0.3) is 0 Å². The molecule has 4 heteroatoms. The first kappa shape index (κ1) is 8.04. The Bertz CT molecular complexity index is 274. The van der Waals surface area contributed by atoms with Crippen LogP contribution in [0, 0.1) is 6.92 Å². The number of aryl methyl sites for hydroxylation is 2. The maximum absolute atomic E-state index is 10.9. The molecule has 0 fully saturated rings. The van der Waals surface area contributed by atoms with Crippen LogP contribution >= 0.6 is 0 Å². The zero-order valence-electron chi connectivity index (χ0n) is 6.83. The summed E-state index contributed by atoms with van der Waals surface area (Å²) >= 11 is 0. The van der Waals surface area contributed by atoms with Gasteiger partial charge in [-0.2, -0.15) is 4.68 Å². The lowest BCUT2D eigenvalue weighted by atomic mass is 10.3. The Hall–Kier alpha value is -1.06. The minimum atomic E-state index is -0.351. The molecule has 0 amide bonds. The first-order valence-corrected chi connectivity index (χ1v) is 3.78. The van der Waals surface area contributed by atoms with Gasteiger partial charge < -0.3 is 4.42 Å². The third kappa shape index (κ3) is 1.93. The predicted octanol–water partition coefficient (Wildman–Crippen LogP) is 0.945. The second kappa shape index (κ2) is 3.37. The molecule has 0 unspecified atom stereocenters. The zero-order chi connectivity index (χ0) is 8.27. The second-order valence-electron chi connectivity index (χ2n) is 2.46. The Kier molecular flexibility index (Phi) is 2.46. The summed E-state index contributed by atoms with van der Waals surface area (Å²) in [6.07, 6.45) is 2.02. The van der Waals surface area contributed by atoms with Gasteiger partial charge in [0.2, 0.25) is 5.89 Å². The van der Waals surface area contributed by atoms with Crippen LogP contribution < -0.4 is 5.76 Å². The standard InChI is InChI=1S/C7H12N2O2/c1-3-4-5-9-7(10)11-6(2)8-9/h3-5H2,1-2H3. The molecule has 4 nitrogen and oxygen atoms in total. The van der Waals surface area contributed by atoms with Gasteiger partial charge in [0.25, 0.3) is 0 Å². The summed E-state index contributed by atoms with van der Waals surface area (Å²) < 4.78 is 6.07. The summed E-state index contributed by atoms with van der Waals surface area (Å²) in [5.41, 5.74) is 0. The molecule has 0 atom stereocenters. The molecule has 0 saturated carbocycles. The molecule has 0 aromatic carbocycles. The summed E-state index contributed by atoms with van der Waals surface area (Å²) in [6.45, 7) is 4.40. The van der Waals surface area contributed by atoms with Gasteiger partial charge in [-0.1, -0.05) is 13.3 Å². The van der Waals surface area contributed by atoms with Crippen molar-refractivity contribution in [3.05, 3.63) is 16.4 Å². The minimum absolute atomic E-state index is 0.351. The molecule has 0 bridgehead atoms. The summed E-state index contributed by atoms with van der Waals surface area (Å²) in [6, 6.07) is 0. The van der Waals surface area contributed by atoms with Crippen LogP contribution in [0.5, 0.6) is 0 Å². The van der Waals surface area contributed by atoms with Crippen LogP contribution in [0.15, 0.2) is 9.21 Å². The molecule has 0 aliphatic heterocycles. The molecule has 0 radical (unpaired) electrons. The highest BCUT2D eigenvalue weighted by Gasteiger charge is 2.01. The van der Waals surface area contributed by atoms with E-state index in [0.29, 0.717) is 12.4 Å². The molecule has 0 aliphatic carbocycles. The fourth-order valence-electron chi connectivity index (χ4n) is 0.859. The van der Waals surface area contributed by atoms with Crippen LogP contribution in [-0.4, -0.2) is 9.78 Å². The monoisotopic (exact) mass is 156 g/mol. The van der Waals surface area contributed by atoms with Gasteiger partial charge in [-0.25, -0.2) is 4.79 Å². The van der Waals surface area contributed by atoms with Gasteiger partial charge in [0.05, 0.1) is 0 Å². The molecule has 1 aromatic heterocycles. The Morgan fingerprint density at radius 1 is 1.64 bits per heavy atom. The van der Waals surface area contributed by atoms with Gasteiger partial charge in [-0.3, -0.25) is 0 Å². The summed E-state index contributed by atoms with van der Waals surface area (Å²) in [5.74, 6) is 0.0852. The summed E-state index contributed by atoms with van der Waals surface area (Å²) in [5, 5.41) is 3.89. The Balaban J connectivity index is 2.70. The molecule has 0 N–H and O–H groups in total. The maximum atomic E-state index is 10.9. The topological polar surface area (TPSA) is 48.0 Å². The first-order chi connectivity index (χ1) is 5.24. The third-order valence-electron chi connectivity index (χ3n) is 1.43. The molecule has 1 rings (SSSR count). The van der Waals surface area contributed by atoms with E-state index in [9.17, 15) is 4.79 Å². The molecule has 0 saturated heterocycles. The van der Waals surface area contributed by atoms with Crippen molar-refractivity contribution in [2.24, 2.45) is 0 Å². The van der Waals surface area contributed by atoms with Crippen LogP contribution in [0.1, 0.15) is 25.7 Å². The smallest absolute Gasteiger partial charge is 0.393 e. The lowest BCUT2D eigenvalue weighted by Crippen LogP contribution is -2.15. The third-order valence-corrected chi connectivity index (χ3v) is 1.43. The Labute approximate surface area is 64.8 Å². The van der Waals surface area contributed by atoms with Crippen molar-refractivity contribution in [3.63, 3.8) is 0 Å². The largest absolute Gasteiger partial charge is 0.437 e. The number of unbranched alkanes of at least 4 members (excludes halogenated alkanes) is 1. The highest BCUT2D eigenvalue weighted by Crippen LogP contribution is 1.91. The summed E-state index contributed by atoms with van der Waals surface area (Å²) in [7, 11) is 0. The van der Waals surface area contributed by atoms with Gasteiger partial charge in [-0.05, 0) is 6.42 Å². The zero-order valence-corrected chi connectivity index (χ0v) is 6.83. The number of hydrogen-bond donors (Lipinski definition) is 0. The van der Waals surface area contributed by atoms with Gasteiger partial charge in [0.1, 0.15) is 0 Å². The molecule has 11 heavy (non-hydrogen) atoms. The summed E-state index contributed by atoms with van der Waals surface area (Å²) in [4.78, 5) is 10.9. The van der Waals surface area contributed by atoms with Crippen molar-refractivity contribution >= 4 is 0 Å².